The van der Waals surface area contributed by atoms with Gasteiger partial charge in [0.25, 0.3) is 0 Å². The summed E-state index contributed by atoms with van der Waals surface area (Å²) in [6.07, 6.45) is 2.93. The molecule has 116 valence electrons. The van der Waals surface area contributed by atoms with Crippen molar-refractivity contribution in [2.45, 2.75) is 49.0 Å². The van der Waals surface area contributed by atoms with Crippen LogP contribution in [0.25, 0.3) is 0 Å². The van der Waals surface area contributed by atoms with Gasteiger partial charge in [0.1, 0.15) is 5.75 Å². The fraction of sp³-hybridized carbons (Fsp3) is 0.571. The molecule has 0 aliphatic carbocycles. The molecule has 2 fully saturated rings. The van der Waals surface area contributed by atoms with Crippen molar-refractivity contribution in [3.05, 3.63) is 23.8 Å². The molecule has 0 aromatic heterocycles. The molecule has 7 heteroatoms. The van der Waals surface area contributed by atoms with Gasteiger partial charge < -0.3 is 15.2 Å². The van der Waals surface area contributed by atoms with E-state index in [1.54, 1.807) is 12.1 Å². The van der Waals surface area contributed by atoms with Crippen molar-refractivity contribution < 1.29 is 17.9 Å². The van der Waals surface area contributed by atoms with E-state index in [1.165, 1.54) is 13.2 Å². The van der Waals surface area contributed by atoms with Crippen LogP contribution in [0.1, 0.15) is 24.8 Å². The minimum Gasteiger partial charge on any atom is -0.496 e. The second kappa shape index (κ2) is 5.57. The van der Waals surface area contributed by atoms with Crippen LogP contribution in [-0.4, -0.2) is 33.8 Å². The maximum atomic E-state index is 12.5. The van der Waals surface area contributed by atoms with E-state index < -0.39 is 10.0 Å². The molecule has 2 aliphatic heterocycles. The molecule has 6 nitrogen and oxygen atoms in total. The van der Waals surface area contributed by atoms with E-state index in [-0.39, 0.29) is 29.7 Å². The highest BCUT2D eigenvalue weighted by molar-refractivity contribution is 7.89. The number of nitrogens with one attached hydrogen (secondary N) is 1. The van der Waals surface area contributed by atoms with Crippen LogP contribution in [0, 0.1) is 0 Å². The number of hydrogen-bond acceptors (Lipinski definition) is 5. The Morgan fingerprint density at radius 2 is 2.24 bits per heavy atom. The van der Waals surface area contributed by atoms with Crippen LogP contribution < -0.4 is 15.2 Å². The summed E-state index contributed by atoms with van der Waals surface area (Å²) in [5.41, 5.74) is 6.31. The van der Waals surface area contributed by atoms with E-state index in [0.29, 0.717) is 11.3 Å². The molecule has 0 spiro atoms. The molecule has 2 saturated heterocycles. The first kappa shape index (κ1) is 14.8. The number of rotatable bonds is 5. The Morgan fingerprint density at radius 3 is 2.81 bits per heavy atom. The van der Waals surface area contributed by atoms with E-state index in [1.807, 2.05) is 0 Å². The SMILES string of the molecule is COc1ccc(S(=O)(=O)NC2CC3CCC2O3)cc1CN. The number of hydrogen-bond donors (Lipinski definition) is 2. The summed E-state index contributed by atoms with van der Waals surface area (Å²) in [4.78, 5) is 0.214. The van der Waals surface area contributed by atoms with Gasteiger partial charge in [0, 0.05) is 12.1 Å². The first-order chi connectivity index (χ1) is 10.0. The largest absolute Gasteiger partial charge is 0.496 e. The fourth-order valence-corrected chi connectivity index (χ4v) is 4.44. The van der Waals surface area contributed by atoms with Gasteiger partial charge in [-0.2, -0.15) is 0 Å². The van der Waals surface area contributed by atoms with Gasteiger partial charge in [0.2, 0.25) is 10.0 Å². The van der Waals surface area contributed by atoms with Crippen LogP contribution in [0.4, 0.5) is 0 Å². The standard InChI is InChI=1S/C14H20N2O4S/c1-19-13-5-3-11(6-9(13)8-15)21(17,18)16-12-7-10-2-4-14(12)20-10/h3,5-6,10,12,14,16H,2,4,7-8,15H2,1H3. The lowest BCUT2D eigenvalue weighted by atomic mass is 9.96. The summed E-state index contributed by atoms with van der Waals surface area (Å²) in [5, 5.41) is 0. The van der Waals surface area contributed by atoms with Gasteiger partial charge in [0.15, 0.2) is 0 Å². The molecule has 3 atom stereocenters. The molecule has 2 aliphatic rings. The Labute approximate surface area is 124 Å². The van der Waals surface area contributed by atoms with Crippen LogP contribution in [0.3, 0.4) is 0 Å². The minimum absolute atomic E-state index is 0.0111. The number of methoxy groups -OCH3 is 1. The number of benzene rings is 1. The average Bonchev–Trinajstić information content (AvgIpc) is 3.08. The molecule has 1 aromatic carbocycles. The third-order valence-electron chi connectivity index (χ3n) is 4.19. The van der Waals surface area contributed by atoms with Gasteiger partial charge in [-0.3, -0.25) is 0 Å². The van der Waals surface area contributed by atoms with E-state index in [9.17, 15) is 8.42 Å². The number of sulfonamides is 1. The third kappa shape index (κ3) is 2.78. The highest BCUT2D eigenvalue weighted by atomic mass is 32.2. The number of nitrogens with two attached hydrogens (primary N) is 1. The minimum atomic E-state index is -3.56. The zero-order valence-electron chi connectivity index (χ0n) is 11.9. The second-order valence-electron chi connectivity index (χ2n) is 5.52. The molecule has 21 heavy (non-hydrogen) atoms. The molecule has 0 amide bonds. The van der Waals surface area contributed by atoms with E-state index in [0.717, 1.165) is 19.3 Å². The van der Waals surface area contributed by atoms with Crippen molar-refractivity contribution in [2.24, 2.45) is 5.73 Å². The van der Waals surface area contributed by atoms with E-state index in [4.69, 9.17) is 15.2 Å². The van der Waals surface area contributed by atoms with E-state index >= 15 is 0 Å². The monoisotopic (exact) mass is 312 g/mol. The molecule has 2 heterocycles. The number of ether oxygens (including phenoxy) is 2. The normalized spacial score (nSPS) is 28.0. The first-order valence-corrected chi connectivity index (χ1v) is 8.56. The fourth-order valence-electron chi connectivity index (χ4n) is 3.11. The molecule has 3 rings (SSSR count). The maximum Gasteiger partial charge on any atom is 0.240 e. The molecule has 2 bridgehead atoms. The van der Waals surface area contributed by atoms with Gasteiger partial charge in [-0.15, -0.1) is 0 Å². The summed E-state index contributed by atoms with van der Waals surface area (Å²) < 4.78 is 38.6. The molecule has 3 unspecified atom stereocenters. The zero-order valence-corrected chi connectivity index (χ0v) is 12.7. The molecule has 3 N–H and O–H groups in total. The lowest BCUT2D eigenvalue weighted by molar-refractivity contribution is 0.0996. The van der Waals surface area contributed by atoms with E-state index in [2.05, 4.69) is 4.72 Å². The molecular formula is C14H20N2O4S. The zero-order chi connectivity index (χ0) is 15.0. The van der Waals surface area contributed by atoms with Crippen LogP contribution in [0.2, 0.25) is 0 Å². The lowest BCUT2D eigenvalue weighted by Crippen LogP contribution is -2.41. The van der Waals surface area contributed by atoms with Gasteiger partial charge in [-0.1, -0.05) is 0 Å². The Kier molecular flexibility index (Phi) is 3.92. The predicted molar refractivity (Wildman–Crippen MR) is 77.5 cm³/mol. The van der Waals surface area contributed by atoms with Crippen LogP contribution >= 0.6 is 0 Å². The van der Waals surface area contributed by atoms with Crippen LogP contribution in [0.5, 0.6) is 5.75 Å². The highest BCUT2D eigenvalue weighted by Crippen LogP contribution is 2.35. The Hall–Kier alpha value is -1.15. The Bertz CT molecular complexity index is 632. The van der Waals surface area contributed by atoms with Gasteiger partial charge in [-0.05, 0) is 37.5 Å². The predicted octanol–water partition coefficient (Wildman–Crippen LogP) is 0.752. The number of fused-ring (bicyclic) bond motifs is 2. The quantitative estimate of drug-likeness (QED) is 0.837. The smallest absolute Gasteiger partial charge is 0.240 e. The van der Waals surface area contributed by atoms with Crippen LogP contribution in [0.15, 0.2) is 23.1 Å². The second-order valence-corrected chi connectivity index (χ2v) is 7.23. The van der Waals surface area contributed by atoms with Gasteiger partial charge in [0.05, 0.1) is 30.3 Å². The average molecular weight is 312 g/mol. The van der Waals surface area contributed by atoms with Gasteiger partial charge >= 0.3 is 0 Å². The third-order valence-corrected chi connectivity index (χ3v) is 5.68. The summed E-state index contributed by atoms with van der Waals surface area (Å²) >= 11 is 0. The van der Waals surface area contributed by atoms with Gasteiger partial charge in [-0.25, -0.2) is 13.1 Å². The summed E-state index contributed by atoms with van der Waals surface area (Å²) in [6.45, 7) is 0.226. The lowest BCUT2D eigenvalue weighted by Gasteiger charge is -2.20. The van der Waals surface area contributed by atoms with Crippen molar-refractivity contribution in [1.29, 1.82) is 0 Å². The van der Waals surface area contributed by atoms with Crippen molar-refractivity contribution in [3.8, 4) is 5.75 Å². The van der Waals surface area contributed by atoms with Crippen molar-refractivity contribution in [3.63, 3.8) is 0 Å². The Morgan fingerprint density at radius 1 is 1.43 bits per heavy atom. The van der Waals surface area contributed by atoms with Crippen molar-refractivity contribution >= 4 is 10.0 Å². The molecule has 0 radical (unpaired) electrons. The van der Waals surface area contributed by atoms with Crippen molar-refractivity contribution in [2.75, 3.05) is 7.11 Å². The summed E-state index contributed by atoms with van der Waals surface area (Å²) in [7, 11) is -2.03. The van der Waals surface area contributed by atoms with Crippen LogP contribution in [-0.2, 0) is 21.3 Å². The highest BCUT2D eigenvalue weighted by Gasteiger charge is 2.42. The van der Waals surface area contributed by atoms with Crippen molar-refractivity contribution in [1.82, 2.24) is 4.72 Å². The molecular weight excluding hydrogens is 292 g/mol. The topological polar surface area (TPSA) is 90.7 Å². The Balaban J connectivity index is 1.81. The molecule has 1 aromatic rings. The maximum absolute atomic E-state index is 12.5. The summed E-state index contributed by atoms with van der Waals surface area (Å²) in [5.74, 6) is 0.597. The first-order valence-electron chi connectivity index (χ1n) is 7.08. The molecule has 0 saturated carbocycles. The summed E-state index contributed by atoms with van der Waals surface area (Å²) in [6, 6.07) is 4.61.